The molecule has 3 aromatic carbocycles. The van der Waals surface area contributed by atoms with Crippen LogP contribution in [-0.2, 0) is 6.18 Å². The highest BCUT2D eigenvalue weighted by Gasteiger charge is 2.34. The van der Waals surface area contributed by atoms with E-state index in [-0.39, 0.29) is 5.78 Å². The molecular formula is C24H17F3O3. The summed E-state index contributed by atoms with van der Waals surface area (Å²) in [6.45, 7) is 0. The molecule has 3 nitrogen and oxygen atoms in total. The van der Waals surface area contributed by atoms with Gasteiger partial charge in [0.25, 0.3) is 0 Å². The lowest BCUT2D eigenvalue weighted by Crippen LogP contribution is -2.23. The van der Waals surface area contributed by atoms with E-state index in [0.29, 0.717) is 28.2 Å². The average molecular weight is 410 g/mol. The van der Waals surface area contributed by atoms with Gasteiger partial charge in [0.1, 0.15) is 11.5 Å². The van der Waals surface area contributed by atoms with Gasteiger partial charge in [-0.05, 0) is 47.5 Å². The molecule has 0 aliphatic carbocycles. The van der Waals surface area contributed by atoms with Gasteiger partial charge in [-0.3, -0.25) is 4.79 Å². The number of hydrogen-bond donors (Lipinski definition) is 0. The van der Waals surface area contributed by atoms with E-state index in [1.54, 1.807) is 24.3 Å². The molecule has 0 N–H and O–H groups in total. The molecule has 6 heteroatoms. The molecule has 0 spiro atoms. The Hall–Kier alpha value is -3.54. The fourth-order valence-electron chi connectivity index (χ4n) is 3.35. The van der Waals surface area contributed by atoms with Gasteiger partial charge in [-0.15, -0.1) is 0 Å². The number of fused-ring (bicyclic) bond motifs is 1. The quantitative estimate of drug-likeness (QED) is 0.489. The van der Waals surface area contributed by atoms with Crippen molar-refractivity contribution in [1.29, 1.82) is 0 Å². The van der Waals surface area contributed by atoms with Gasteiger partial charge in [-0.2, -0.15) is 13.2 Å². The number of carbonyl (C=O) groups is 1. The molecule has 1 aliphatic rings. The third-order valence-corrected chi connectivity index (χ3v) is 4.88. The molecule has 1 heterocycles. The molecule has 4 rings (SSSR count). The molecule has 0 amide bonds. The Balaban J connectivity index is 1.81. The van der Waals surface area contributed by atoms with E-state index in [0.717, 1.165) is 17.7 Å². The summed E-state index contributed by atoms with van der Waals surface area (Å²) in [5.41, 5.74) is 1.18. The molecule has 0 saturated heterocycles. The fourth-order valence-corrected chi connectivity index (χ4v) is 3.35. The predicted molar refractivity (Wildman–Crippen MR) is 107 cm³/mol. The summed E-state index contributed by atoms with van der Waals surface area (Å²) in [7, 11) is 1.50. The van der Waals surface area contributed by atoms with Crippen molar-refractivity contribution in [2.24, 2.45) is 0 Å². The molecule has 1 unspecified atom stereocenters. The maximum Gasteiger partial charge on any atom is 0.416 e. The number of benzene rings is 3. The first-order valence-corrected chi connectivity index (χ1v) is 9.20. The van der Waals surface area contributed by atoms with Crippen LogP contribution in [0.5, 0.6) is 11.5 Å². The third kappa shape index (κ3) is 3.81. The van der Waals surface area contributed by atoms with E-state index in [4.69, 9.17) is 9.47 Å². The lowest BCUT2D eigenvalue weighted by atomic mass is 9.89. The lowest BCUT2D eigenvalue weighted by Gasteiger charge is -2.28. The van der Waals surface area contributed by atoms with Gasteiger partial charge in [-0.25, -0.2) is 0 Å². The molecular weight excluding hydrogens is 393 g/mol. The number of Topliss-reactive ketones (excluding diaryl/α,β-unsaturated/α-hetero) is 1. The standard InChI is InChI=1S/C24H17F3O3/c1-29-18-11-12-21-19(14-18)22(28)20(23(30-21)16-5-3-2-4-6-16)13-15-7-9-17(10-8-15)24(25,26)27/h2-14,23H,1H3/b20-13+. The highest BCUT2D eigenvalue weighted by atomic mass is 19.4. The summed E-state index contributed by atoms with van der Waals surface area (Å²) in [6.07, 6.45) is -3.53. The minimum absolute atomic E-state index is 0.260. The number of rotatable bonds is 3. The SMILES string of the molecule is COc1ccc2c(c1)C(=O)/C(=C\c1ccc(C(F)(F)F)cc1)C(c1ccccc1)O2. The van der Waals surface area contributed by atoms with E-state index in [9.17, 15) is 18.0 Å². The van der Waals surface area contributed by atoms with Crippen molar-refractivity contribution in [3.8, 4) is 11.5 Å². The van der Waals surface area contributed by atoms with Crippen LogP contribution in [0.4, 0.5) is 13.2 Å². The van der Waals surface area contributed by atoms with Crippen molar-refractivity contribution >= 4 is 11.9 Å². The number of hydrogen-bond acceptors (Lipinski definition) is 3. The number of halogens is 3. The number of methoxy groups -OCH3 is 1. The predicted octanol–water partition coefficient (Wildman–Crippen LogP) is 6.11. The monoisotopic (exact) mass is 410 g/mol. The molecule has 0 bridgehead atoms. The van der Waals surface area contributed by atoms with Gasteiger partial charge < -0.3 is 9.47 Å². The van der Waals surface area contributed by atoms with Gasteiger partial charge in [-0.1, -0.05) is 42.5 Å². The summed E-state index contributed by atoms with van der Waals surface area (Å²) < 4.78 is 49.9. The number of carbonyl (C=O) groups excluding carboxylic acids is 1. The van der Waals surface area contributed by atoms with Crippen LogP contribution in [0.3, 0.4) is 0 Å². The Labute approximate surface area is 171 Å². The van der Waals surface area contributed by atoms with Crippen LogP contribution in [0.25, 0.3) is 6.08 Å². The summed E-state index contributed by atoms with van der Waals surface area (Å²) in [5, 5.41) is 0. The van der Waals surface area contributed by atoms with E-state index < -0.39 is 17.8 Å². The molecule has 1 aliphatic heterocycles. The van der Waals surface area contributed by atoms with Crippen molar-refractivity contribution in [3.05, 3.63) is 101 Å². The first-order chi connectivity index (χ1) is 14.4. The van der Waals surface area contributed by atoms with Gasteiger partial charge in [0, 0.05) is 5.57 Å². The first-order valence-electron chi connectivity index (χ1n) is 9.20. The summed E-state index contributed by atoms with van der Waals surface area (Å²) >= 11 is 0. The van der Waals surface area contributed by atoms with E-state index in [1.165, 1.54) is 19.2 Å². The zero-order valence-electron chi connectivity index (χ0n) is 15.9. The van der Waals surface area contributed by atoms with Crippen LogP contribution < -0.4 is 9.47 Å². The number of ketones is 1. The molecule has 0 fully saturated rings. The van der Waals surface area contributed by atoms with Gasteiger partial charge >= 0.3 is 6.18 Å². The van der Waals surface area contributed by atoms with Crippen LogP contribution in [0, 0.1) is 0 Å². The maximum absolute atomic E-state index is 13.3. The second-order valence-electron chi connectivity index (χ2n) is 6.82. The van der Waals surface area contributed by atoms with Crippen LogP contribution in [-0.4, -0.2) is 12.9 Å². The molecule has 30 heavy (non-hydrogen) atoms. The van der Waals surface area contributed by atoms with Crippen molar-refractivity contribution in [2.45, 2.75) is 12.3 Å². The highest BCUT2D eigenvalue weighted by Crippen LogP contribution is 2.40. The number of alkyl halides is 3. The van der Waals surface area contributed by atoms with E-state index >= 15 is 0 Å². The minimum atomic E-state index is -4.42. The van der Waals surface area contributed by atoms with Crippen molar-refractivity contribution in [1.82, 2.24) is 0 Å². The van der Waals surface area contributed by atoms with Gasteiger partial charge in [0.15, 0.2) is 11.9 Å². The second-order valence-corrected chi connectivity index (χ2v) is 6.82. The fraction of sp³-hybridized carbons (Fsp3) is 0.125. The molecule has 0 saturated carbocycles. The van der Waals surface area contributed by atoms with Crippen molar-refractivity contribution in [2.75, 3.05) is 7.11 Å². The zero-order chi connectivity index (χ0) is 21.3. The Morgan fingerprint density at radius 1 is 0.967 bits per heavy atom. The largest absolute Gasteiger partial charge is 0.497 e. The van der Waals surface area contributed by atoms with Crippen LogP contribution in [0.15, 0.2) is 78.4 Å². The van der Waals surface area contributed by atoms with Crippen molar-refractivity contribution in [3.63, 3.8) is 0 Å². The molecule has 152 valence electrons. The highest BCUT2D eigenvalue weighted by molar-refractivity contribution is 6.14. The average Bonchev–Trinajstić information content (AvgIpc) is 2.75. The van der Waals surface area contributed by atoms with Crippen molar-refractivity contribution < 1.29 is 27.4 Å². The smallest absolute Gasteiger partial charge is 0.416 e. The second kappa shape index (κ2) is 7.71. The lowest BCUT2D eigenvalue weighted by molar-refractivity contribution is -0.137. The molecule has 3 aromatic rings. The molecule has 1 atom stereocenters. The molecule has 0 radical (unpaired) electrons. The summed E-state index contributed by atoms with van der Waals surface area (Å²) in [6, 6.07) is 18.9. The van der Waals surface area contributed by atoms with Crippen LogP contribution in [0.1, 0.15) is 33.2 Å². The Bertz CT molecular complexity index is 1100. The number of ether oxygens (including phenoxy) is 2. The Morgan fingerprint density at radius 2 is 1.67 bits per heavy atom. The Morgan fingerprint density at radius 3 is 2.30 bits per heavy atom. The summed E-state index contributed by atoms with van der Waals surface area (Å²) in [5.74, 6) is 0.681. The molecule has 0 aromatic heterocycles. The normalized spacial score (nSPS) is 17.4. The van der Waals surface area contributed by atoms with Gasteiger partial charge in [0.2, 0.25) is 0 Å². The first kappa shape index (κ1) is 19.8. The minimum Gasteiger partial charge on any atom is -0.497 e. The Kier molecular flexibility index (Phi) is 5.08. The van der Waals surface area contributed by atoms with E-state index in [2.05, 4.69) is 0 Å². The maximum atomic E-state index is 13.3. The van der Waals surface area contributed by atoms with Crippen LogP contribution >= 0.6 is 0 Å². The summed E-state index contributed by atoms with van der Waals surface area (Å²) in [4.78, 5) is 13.3. The van der Waals surface area contributed by atoms with Crippen LogP contribution in [0.2, 0.25) is 0 Å². The third-order valence-electron chi connectivity index (χ3n) is 4.88. The zero-order valence-corrected chi connectivity index (χ0v) is 15.9. The van der Waals surface area contributed by atoms with Gasteiger partial charge in [0.05, 0.1) is 18.2 Å². The topological polar surface area (TPSA) is 35.5 Å². The van der Waals surface area contributed by atoms with E-state index in [1.807, 2.05) is 30.3 Å².